The number of nitrogens with one attached hydrogen (secondary N) is 1. The van der Waals surface area contributed by atoms with Crippen molar-refractivity contribution in [1.82, 2.24) is 20.0 Å². The molecule has 126 valence electrons. The van der Waals surface area contributed by atoms with E-state index in [4.69, 9.17) is 11.6 Å². The molecule has 0 unspecified atom stereocenters. The first-order valence-corrected chi connectivity index (χ1v) is 8.76. The molecule has 7 heteroatoms. The third-order valence-corrected chi connectivity index (χ3v) is 4.95. The minimum absolute atomic E-state index is 0.00246. The Labute approximate surface area is 141 Å². The zero-order chi connectivity index (χ0) is 16.2. The first-order chi connectivity index (χ1) is 11.1. The van der Waals surface area contributed by atoms with Gasteiger partial charge in [-0.1, -0.05) is 24.4 Å². The second-order valence-electron chi connectivity index (χ2n) is 6.45. The second kappa shape index (κ2) is 7.34. The van der Waals surface area contributed by atoms with Gasteiger partial charge in [-0.15, -0.1) is 0 Å². The van der Waals surface area contributed by atoms with Crippen LogP contribution in [-0.4, -0.2) is 45.6 Å². The fraction of sp³-hybridized carbons (Fsp3) is 0.688. The number of amides is 2. The quantitative estimate of drug-likeness (QED) is 0.805. The number of aryl methyl sites for hydroxylation is 1. The third-order valence-electron chi connectivity index (χ3n) is 4.76. The molecule has 1 atom stereocenters. The fourth-order valence-electron chi connectivity index (χ4n) is 3.53. The molecule has 0 aromatic carbocycles. The fourth-order valence-corrected chi connectivity index (χ4v) is 3.69. The van der Waals surface area contributed by atoms with Crippen LogP contribution >= 0.6 is 11.6 Å². The van der Waals surface area contributed by atoms with Crippen molar-refractivity contribution in [2.75, 3.05) is 13.1 Å². The number of nitrogens with zero attached hydrogens (tertiary/aromatic N) is 3. The molecule has 2 fully saturated rings. The maximum Gasteiger partial charge on any atom is 0.225 e. The predicted octanol–water partition coefficient (Wildman–Crippen LogP) is 1.83. The Balaban J connectivity index is 1.39. The second-order valence-corrected chi connectivity index (χ2v) is 6.89. The third kappa shape index (κ3) is 4.05. The Bertz CT molecular complexity index is 568. The van der Waals surface area contributed by atoms with Crippen LogP contribution in [0.25, 0.3) is 0 Å². The van der Waals surface area contributed by atoms with Gasteiger partial charge >= 0.3 is 0 Å². The molecule has 1 saturated heterocycles. The highest BCUT2D eigenvalue weighted by Gasteiger charge is 2.38. The Morgan fingerprint density at radius 3 is 2.87 bits per heavy atom. The Morgan fingerprint density at radius 1 is 1.39 bits per heavy atom. The molecule has 2 aliphatic rings. The van der Waals surface area contributed by atoms with Crippen molar-refractivity contribution < 1.29 is 9.59 Å². The number of likely N-dealkylation sites (tertiary alicyclic amines) is 1. The van der Waals surface area contributed by atoms with Crippen LogP contribution in [-0.2, 0) is 16.1 Å². The van der Waals surface area contributed by atoms with Crippen LogP contribution in [0, 0.1) is 5.92 Å². The van der Waals surface area contributed by atoms with E-state index < -0.39 is 0 Å². The Kier molecular flexibility index (Phi) is 5.20. The number of halogens is 1. The molecule has 0 spiro atoms. The molecule has 1 aromatic heterocycles. The molecule has 1 aliphatic carbocycles. The lowest BCUT2D eigenvalue weighted by Gasteiger charge is -2.23. The number of hydrogen-bond acceptors (Lipinski definition) is 3. The monoisotopic (exact) mass is 338 g/mol. The summed E-state index contributed by atoms with van der Waals surface area (Å²) < 4.78 is 1.76. The van der Waals surface area contributed by atoms with Crippen LogP contribution < -0.4 is 5.32 Å². The van der Waals surface area contributed by atoms with Crippen molar-refractivity contribution in [1.29, 1.82) is 0 Å². The topological polar surface area (TPSA) is 67.2 Å². The van der Waals surface area contributed by atoms with Gasteiger partial charge in [0.25, 0.3) is 0 Å². The van der Waals surface area contributed by atoms with Gasteiger partial charge in [-0.05, 0) is 19.3 Å². The van der Waals surface area contributed by atoms with Crippen molar-refractivity contribution in [3.05, 3.63) is 17.4 Å². The van der Waals surface area contributed by atoms with Crippen molar-refractivity contribution in [2.24, 2.45) is 5.92 Å². The lowest BCUT2D eigenvalue weighted by Crippen LogP contribution is -2.37. The summed E-state index contributed by atoms with van der Waals surface area (Å²) in [5, 5.41) is 7.65. The minimum Gasteiger partial charge on any atom is -0.356 e. The average Bonchev–Trinajstić information content (AvgIpc) is 3.24. The summed E-state index contributed by atoms with van der Waals surface area (Å²) in [6, 6.07) is 0.366. The molecule has 1 aromatic rings. The van der Waals surface area contributed by atoms with Crippen molar-refractivity contribution >= 4 is 23.4 Å². The van der Waals surface area contributed by atoms with E-state index in [9.17, 15) is 9.59 Å². The highest BCUT2D eigenvalue weighted by atomic mass is 35.5. The van der Waals surface area contributed by atoms with Gasteiger partial charge in [0.1, 0.15) is 0 Å². The summed E-state index contributed by atoms with van der Waals surface area (Å²) in [5.41, 5.74) is 0. The van der Waals surface area contributed by atoms with Crippen LogP contribution in [0.15, 0.2) is 12.4 Å². The highest BCUT2D eigenvalue weighted by Crippen LogP contribution is 2.29. The number of rotatable bonds is 6. The minimum atomic E-state index is -0.192. The molecule has 1 aliphatic heterocycles. The molecular weight excluding hydrogens is 316 g/mol. The van der Waals surface area contributed by atoms with Crippen LogP contribution in [0.3, 0.4) is 0 Å². The van der Waals surface area contributed by atoms with Crippen molar-refractivity contribution in [2.45, 2.75) is 51.1 Å². The number of carbonyl (C=O) groups excluding carboxylic acids is 2. The molecule has 1 saturated carbocycles. The maximum absolute atomic E-state index is 12.2. The van der Waals surface area contributed by atoms with E-state index in [2.05, 4.69) is 10.4 Å². The smallest absolute Gasteiger partial charge is 0.225 e. The van der Waals surface area contributed by atoms with E-state index in [1.54, 1.807) is 17.1 Å². The summed E-state index contributed by atoms with van der Waals surface area (Å²) in [4.78, 5) is 26.3. The van der Waals surface area contributed by atoms with Crippen molar-refractivity contribution in [3.63, 3.8) is 0 Å². The summed E-state index contributed by atoms with van der Waals surface area (Å²) in [6.07, 6.45) is 9.08. The van der Waals surface area contributed by atoms with Gasteiger partial charge < -0.3 is 10.2 Å². The molecule has 6 nitrogen and oxygen atoms in total. The molecule has 23 heavy (non-hydrogen) atoms. The van der Waals surface area contributed by atoms with Gasteiger partial charge in [0.2, 0.25) is 11.8 Å². The van der Waals surface area contributed by atoms with Gasteiger partial charge in [0.05, 0.1) is 17.1 Å². The SMILES string of the molecule is O=C(NCCCn1cc(Cl)cn1)[C@@H]1CC(=O)N(C2CCCC2)C1. The molecule has 2 amide bonds. The molecule has 0 radical (unpaired) electrons. The van der Waals surface area contributed by atoms with E-state index in [0.717, 1.165) is 19.3 Å². The zero-order valence-electron chi connectivity index (χ0n) is 13.2. The van der Waals surface area contributed by atoms with Gasteiger partial charge in [0, 0.05) is 38.3 Å². The van der Waals surface area contributed by atoms with E-state index in [0.29, 0.717) is 37.1 Å². The summed E-state index contributed by atoms with van der Waals surface area (Å²) in [7, 11) is 0. The van der Waals surface area contributed by atoms with Gasteiger partial charge in [-0.2, -0.15) is 5.10 Å². The summed E-state index contributed by atoms with van der Waals surface area (Å²) in [6.45, 7) is 1.89. The largest absolute Gasteiger partial charge is 0.356 e. The standard InChI is InChI=1S/C16H23ClN4O2/c17-13-9-19-20(11-13)7-3-6-18-16(23)12-8-15(22)21(10-12)14-4-1-2-5-14/h9,11-12,14H,1-8,10H2,(H,18,23)/t12-/m1/s1. The summed E-state index contributed by atoms with van der Waals surface area (Å²) >= 11 is 5.80. The zero-order valence-corrected chi connectivity index (χ0v) is 14.0. The predicted molar refractivity (Wildman–Crippen MR) is 86.9 cm³/mol. The molecule has 1 N–H and O–H groups in total. The Hall–Kier alpha value is -1.56. The first kappa shape index (κ1) is 16.3. The maximum atomic E-state index is 12.2. The van der Waals surface area contributed by atoms with Gasteiger partial charge in [0.15, 0.2) is 0 Å². The van der Waals surface area contributed by atoms with E-state index in [1.807, 2.05) is 4.90 Å². The number of hydrogen-bond donors (Lipinski definition) is 1. The van der Waals surface area contributed by atoms with Crippen LogP contribution in [0.5, 0.6) is 0 Å². The van der Waals surface area contributed by atoms with E-state index in [-0.39, 0.29) is 17.7 Å². The normalized spacial score (nSPS) is 22.0. The van der Waals surface area contributed by atoms with Crippen LogP contribution in [0.2, 0.25) is 5.02 Å². The number of aromatic nitrogens is 2. The van der Waals surface area contributed by atoms with Gasteiger partial charge in [-0.3, -0.25) is 14.3 Å². The average molecular weight is 339 g/mol. The lowest BCUT2D eigenvalue weighted by atomic mass is 10.1. The Morgan fingerprint density at radius 2 is 2.17 bits per heavy atom. The first-order valence-electron chi connectivity index (χ1n) is 8.38. The number of carbonyl (C=O) groups is 2. The summed E-state index contributed by atoms with van der Waals surface area (Å²) in [5.74, 6) is -0.0529. The van der Waals surface area contributed by atoms with E-state index in [1.165, 1.54) is 12.8 Å². The van der Waals surface area contributed by atoms with Gasteiger partial charge in [-0.25, -0.2) is 0 Å². The molecular formula is C16H23ClN4O2. The van der Waals surface area contributed by atoms with E-state index >= 15 is 0 Å². The molecule has 0 bridgehead atoms. The lowest BCUT2D eigenvalue weighted by molar-refractivity contribution is -0.130. The van der Waals surface area contributed by atoms with Crippen LogP contribution in [0.1, 0.15) is 38.5 Å². The van der Waals surface area contributed by atoms with Crippen molar-refractivity contribution in [3.8, 4) is 0 Å². The highest BCUT2D eigenvalue weighted by molar-refractivity contribution is 6.30. The molecule has 2 heterocycles. The molecule has 3 rings (SSSR count). The van der Waals surface area contributed by atoms with Crippen LogP contribution in [0.4, 0.5) is 0 Å².